The van der Waals surface area contributed by atoms with Crippen molar-refractivity contribution in [2.75, 3.05) is 31.1 Å². The third-order valence-corrected chi connectivity index (χ3v) is 7.49. The Kier molecular flexibility index (Phi) is 7.24. The van der Waals surface area contributed by atoms with Crippen molar-refractivity contribution in [3.63, 3.8) is 0 Å². The fourth-order valence-electron chi connectivity index (χ4n) is 5.31. The predicted molar refractivity (Wildman–Crippen MR) is 152 cm³/mol. The second-order valence-electron chi connectivity index (χ2n) is 10.2. The summed E-state index contributed by atoms with van der Waals surface area (Å²) in [6, 6.07) is 14.0. The molecule has 1 saturated heterocycles. The summed E-state index contributed by atoms with van der Waals surface area (Å²) in [6.45, 7) is 8.72. The Hall–Kier alpha value is -4.40. The Morgan fingerprint density at radius 3 is 2.28 bits per heavy atom. The number of carbonyl (C=O) groups is 3. The standard InChI is InChI=1S/C30H34N6O3/c1-4-5-28(37)25-17-32-36(21(25)3)23-9-7-22(8-10-23)33-12-14-34(15-13-33)29(38)19-35-18-26(30(31)39)24-16-20(2)6-11-27(24)35/h6-11,16-18H,4-5,12-15,19H2,1-3H3,(H2,31,39). The molecule has 0 radical (unpaired) electrons. The number of hydrogen-bond donors (Lipinski definition) is 1. The van der Waals surface area contributed by atoms with Crippen LogP contribution < -0.4 is 10.6 Å². The number of fused-ring (bicyclic) bond motifs is 1. The van der Waals surface area contributed by atoms with Crippen LogP contribution in [0.25, 0.3) is 16.6 Å². The largest absolute Gasteiger partial charge is 0.368 e. The zero-order valence-electron chi connectivity index (χ0n) is 22.7. The number of piperazine rings is 1. The lowest BCUT2D eigenvalue weighted by atomic mass is 10.1. The molecular formula is C30H34N6O3. The van der Waals surface area contributed by atoms with Gasteiger partial charge in [0.05, 0.1) is 28.7 Å². The first-order chi connectivity index (χ1) is 18.8. The van der Waals surface area contributed by atoms with Crippen molar-refractivity contribution in [2.24, 2.45) is 5.73 Å². The van der Waals surface area contributed by atoms with Crippen LogP contribution in [0.15, 0.2) is 54.9 Å². The number of rotatable bonds is 8. The van der Waals surface area contributed by atoms with Crippen LogP contribution in [0, 0.1) is 13.8 Å². The van der Waals surface area contributed by atoms with E-state index in [2.05, 4.69) is 22.1 Å². The average Bonchev–Trinajstić information content (AvgIpc) is 3.49. The molecular weight excluding hydrogens is 492 g/mol. The molecule has 9 heteroatoms. The zero-order chi connectivity index (χ0) is 27.7. The highest BCUT2D eigenvalue weighted by atomic mass is 16.2. The molecule has 0 unspecified atom stereocenters. The average molecular weight is 527 g/mol. The number of carbonyl (C=O) groups excluding carboxylic acids is 3. The van der Waals surface area contributed by atoms with E-state index in [0.29, 0.717) is 30.6 Å². The smallest absolute Gasteiger partial charge is 0.250 e. The van der Waals surface area contributed by atoms with Crippen LogP contribution in [0.3, 0.4) is 0 Å². The molecule has 0 aliphatic carbocycles. The summed E-state index contributed by atoms with van der Waals surface area (Å²) < 4.78 is 3.62. The first-order valence-corrected chi connectivity index (χ1v) is 13.4. The van der Waals surface area contributed by atoms with Crippen LogP contribution in [0.2, 0.25) is 0 Å². The van der Waals surface area contributed by atoms with E-state index in [1.165, 1.54) is 0 Å². The number of anilines is 1. The van der Waals surface area contributed by atoms with Crippen molar-refractivity contribution in [3.8, 4) is 5.69 Å². The van der Waals surface area contributed by atoms with E-state index in [-0.39, 0.29) is 18.2 Å². The number of aromatic nitrogens is 3. The lowest BCUT2D eigenvalue weighted by Gasteiger charge is -2.36. The molecule has 2 amide bonds. The van der Waals surface area contributed by atoms with Gasteiger partial charge in [0.1, 0.15) is 6.54 Å². The van der Waals surface area contributed by atoms with Crippen molar-refractivity contribution in [2.45, 2.75) is 40.2 Å². The molecule has 2 aromatic carbocycles. The monoisotopic (exact) mass is 526 g/mol. The third kappa shape index (κ3) is 5.16. The van der Waals surface area contributed by atoms with Gasteiger partial charge in [-0.2, -0.15) is 5.10 Å². The number of nitrogens with two attached hydrogens (primary N) is 1. The number of benzene rings is 2. The Morgan fingerprint density at radius 2 is 1.62 bits per heavy atom. The van der Waals surface area contributed by atoms with Crippen molar-refractivity contribution >= 4 is 34.2 Å². The van der Waals surface area contributed by atoms with Gasteiger partial charge < -0.3 is 20.1 Å². The molecule has 39 heavy (non-hydrogen) atoms. The molecule has 1 aliphatic heterocycles. The molecule has 0 saturated carbocycles. The van der Waals surface area contributed by atoms with Gasteiger partial charge in [-0.1, -0.05) is 18.6 Å². The molecule has 2 N–H and O–H groups in total. The molecule has 0 bridgehead atoms. The second-order valence-corrected chi connectivity index (χ2v) is 10.2. The molecule has 5 rings (SSSR count). The molecule has 3 heterocycles. The van der Waals surface area contributed by atoms with Crippen LogP contribution >= 0.6 is 0 Å². The zero-order valence-corrected chi connectivity index (χ0v) is 22.7. The molecule has 0 spiro atoms. The fourth-order valence-corrected chi connectivity index (χ4v) is 5.31. The molecule has 9 nitrogen and oxygen atoms in total. The Labute approximate surface area is 227 Å². The SMILES string of the molecule is CCCC(=O)c1cnn(-c2ccc(N3CCN(C(=O)Cn4cc(C(N)=O)c5cc(C)ccc54)CC3)cc2)c1C. The maximum absolute atomic E-state index is 13.2. The topological polar surface area (TPSA) is 106 Å². The van der Waals surface area contributed by atoms with Gasteiger partial charge in [0.25, 0.3) is 5.91 Å². The summed E-state index contributed by atoms with van der Waals surface area (Å²) in [4.78, 5) is 41.6. The molecule has 1 fully saturated rings. The second kappa shape index (κ2) is 10.8. The van der Waals surface area contributed by atoms with Gasteiger partial charge in [0.15, 0.2) is 5.78 Å². The summed E-state index contributed by atoms with van der Waals surface area (Å²) in [5.74, 6) is -0.357. The molecule has 1 aliphatic rings. The fraction of sp³-hybridized carbons (Fsp3) is 0.333. The van der Waals surface area contributed by atoms with Crippen molar-refractivity contribution < 1.29 is 14.4 Å². The van der Waals surface area contributed by atoms with Gasteiger partial charge in [-0.3, -0.25) is 14.4 Å². The summed E-state index contributed by atoms with van der Waals surface area (Å²) in [5.41, 5.74) is 11.4. The van der Waals surface area contributed by atoms with E-state index >= 15 is 0 Å². The van der Waals surface area contributed by atoms with Gasteiger partial charge in [0.2, 0.25) is 5.91 Å². The normalized spacial score (nSPS) is 13.7. The van der Waals surface area contributed by atoms with E-state index in [0.717, 1.165) is 53.0 Å². The summed E-state index contributed by atoms with van der Waals surface area (Å²) >= 11 is 0. The van der Waals surface area contributed by atoms with Gasteiger partial charge in [-0.25, -0.2) is 4.68 Å². The predicted octanol–water partition coefficient (Wildman–Crippen LogP) is 3.87. The first-order valence-electron chi connectivity index (χ1n) is 13.4. The minimum Gasteiger partial charge on any atom is -0.368 e. The minimum atomic E-state index is -0.496. The van der Waals surface area contributed by atoms with Gasteiger partial charge in [0, 0.05) is 55.4 Å². The van der Waals surface area contributed by atoms with Crippen molar-refractivity contribution in [1.82, 2.24) is 19.2 Å². The number of hydrogen-bond acceptors (Lipinski definition) is 5. The highest BCUT2D eigenvalue weighted by molar-refractivity contribution is 6.06. The van der Waals surface area contributed by atoms with Crippen molar-refractivity contribution in [3.05, 3.63) is 77.2 Å². The molecule has 4 aromatic rings. The summed E-state index contributed by atoms with van der Waals surface area (Å²) in [5, 5.41) is 5.22. The minimum absolute atomic E-state index is 0.0149. The van der Waals surface area contributed by atoms with Crippen LogP contribution in [0.5, 0.6) is 0 Å². The third-order valence-electron chi connectivity index (χ3n) is 7.49. The van der Waals surface area contributed by atoms with Crippen LogP contribution in [0.4, 0.5) is 5.69 Å². The van der Waals surface area contributed by atoms with E-state index in [9.17, 15) is 14.4 Å². The highest BCUT2D eigenvalue weighted by Crippen LogP contribution is 2.24. The molecule has 2 aromatic heterocycles. The van der Waals surface area contributed by atoms with E-state index in [1.54, 1.807) is 17.1 Å². The Morgan fingerprint density at radius 1 is 0.923 bits per heavy atom. The van der Waals surface area contributed by atoms with E-state index < -0.39 is 5.91 Å². The number of aryl methyl sites for hydroxylation is 1. The Balaban J connectivity index is 1.22. The number of nitrogens with zero attached hydrogens (tertiary/aromatic N) is 5. The van der Waals surface area contributed by atoms with E-state index in [4.69, 9.17) is 5.73 Å². The van der Waals surface area contributed by atoms with Crippen LogP contribution in [-0.2, 0) is 11.3 Å². The molecule has 202 valence electrons. The van der Waals surface area contributed by atoms with Gasteiger partial charge >= 0.3 is 0 Å². The van der Waals surface area contributed by atoms with Crippen molar-refractivity contribution in [1.29, 1.82) is 0 Å². The molecule has 0 atom stereocenters. The summed E-state index contributed by atoms with van der Waals surface area (Å²) in [7, 11) is 0. The van der Waals surface area contributed by atoms with Gasteiger partial charge in [-0.15, -0.1) is 0 Å². The lowest BCUT2D eigenvalue weighted by Crippen LogP contribution is -2.49. The Bertz CT molecular complexity index is 1540. The van der Waals surface area contributed by atoms with Gasteiger partial charge in [-0.05, 0) is 56.7 Å². The first kappa shape index (κ1) is 26.2. The van der Waals surface area contributed by atoms with Crippen LogP contribution in [-0.4, -0.2) is 63.0 Å². The maximum atomic E-state index is 13.2. The number of ketones is 1. The maximum Gasteiger partial charge on any atom is 0.250 e. The summed E-state index contributed by atoms with van der Waals surface area (Å²) in [6.07, 6.45) is 4.68. The number of amides is 2. The quantitative estimate of drug-likeness (QED) is 0.351. The number of primary amides is 1. The van der Waals surface area contributed by atoms with E-state index in [1.807, 2.05) is 60.6 Å². The van der Waals surface area contributed by atoms with Crippen LogP contribution in [0.1, 0.15) is 51.7 Å². The lowest BCUT2D eigenvalue weighted by molar-refractivity contribution is -0.132. The number of Topliss-reactive ketones (excluding diaryl/α,β-unsaturated/α-hetero) is 1. The highest BCUT2D eigenvalue weighted by Gasteiger charge is 2.23.